The molecule has 1 aromatic heterocycles. The number of para-hydroxylation sites is 1. The van der Waals surface area contributed by atoms with Crippen LogP contribution in [0.15, 0.2) is 36.7 Å². The predicted octanol–water partition coefficient (Wildman–Crippen LogP) is 1.40. The first-order valence-corrected chi connectivity index (χ1v) is 8.81. The third-order valence-corrected chi connectivity index (χ3v) is 4.55. The van der Waals surface area contributed by atoms with E-state index in [1.165, 1.54) is 6.33 Å². The van der Waals surface area contributed by atoms with Gasteiger partial charge in [-0.3, -0.25) is 9.59 Å². The van der Waals surface area contributed by atoms with Gasteiger partial charge in [0.15, 0.2) is 0 Å². The number of piperazine rings is 1. The number of hydrogen-bond donors (Lipinski definition) is 1. The van der Waals surface area contributed by atoms with Gasteiger partial charge in [-0.1, -0.05) is 18.2 Å². The predicted molar refractivity (Wildman–Crippen MR) is 101 cm³/mol. The van der Waals surface area contributed by atoms with Crippen molar-refractivity contribution in [3.63, 3.8) is 0 Å². The van der Waals surface area contributed by atoms with Gasteiger partial charge in [0.25, 0.3) is 5.91 Å². The first kappa shape index (κ1) is 18.6. The van der Waals surface area contributed by atoms with Crippen LogP contribution in [0.25, 0.3) is 0 Å². The largest absolute Gasteiger partial charge is 0.496 e. The van der Waals surface area contributed by atoms with Crippen LogP contribution >= 0.6 is 0 Å². The number of nitrogens with zero attached hydrogens (tertiary/aromatic N) is 4. The van der Waals surface area contributed by atoms with E-state index in [1.54, 1.807) is 29.9 Å². The van der Waals surface area contributed by atoms with E-state index < -0.39 is 0 Å². The van der Waals surface area contributed by atoms with Crippen molar-refractivity contribution in [3.8, 4) is 5.75 Å². The quantitative estimate of drug-likeness (QED) is 0.857. The molecule has 2 aromatic rings. The van der Waals surface area contributed by atoms with E-state index in [9.17, 15) is 9.59 Å². The highest BCUT2D eigenvalue weighted by molar-refractivity contribution is 5.93. The molecule has 0 saturated carbocycles. The van der Waals surface area contributed by atoms with Crippen molar-refractivity contribution in [2.75, 3.05) is 38.6 Å². The second-order valence-corrected chi connectivity index (χ2v) is 6.25. The molecule has 2 heterocycles. The lowest BCUT2D eigenvalue weighted by atomic mass is 10.2. The fourth-order valence-electron chi connectivity index (χ4n) is 2.99. The van der Waals surface area contributed by atoms with E-state index in [4.69, 9.17) is 4.74 Å². The number of hydrogen-bond acceptors (Lipinski definition) is 6. The zero-order valence-corrected chi connectivity index (χ0v) is 15.5. The number of rotatable bonds is 5. The summed E-state index contributed by atoms with van der Waals surface area (Å²) in [4.78, 5) is 35.8. The lowest BCUT2D eigenvalue weighted by Gasteiger charge is -2.34. The fourth-order valence-corrected chi connectivity index (χ4v) is 2.99. The van der Waals surface area contributed by atoms with E-state index in [0.717, 1.165) is 11.3 Å². The van der Waals surface area contributed by atoms with Crippen molar-refractivity contribution in [2.45, 2.75) is 13.5 Å². The van der Waals surface area contributed by atoms with Crippen LogP contribution in [0, 0.1) is 0 Å². The number of amides is 2. The van der Waals surface area contributed by atoms with Crippen LogP contribution in [-0.2, 0) is 11.3 Å². The Morgan fingerprint density at radius 3 is 2.52 bits per heavy atom. The van der Waals surface area contributed by atoms with Crippen LogP contribution in [-0.4, -0.2) is 64.9 Å². The number of carbonyl (C=O) groups excluding carboxylic acids is 2. The molecule has 1 fully saturated rings. The molecule has 0 aliphatic carbocycles. The van der Waals surface area contributed by atoms with Crippen LogP contribution in [0.3, 0.4) is 0 Å². The zero-order valence-electron chi connectivity index (χ0n) is 15.5. The van der Waals surface area contributed by atoms with E-state index >= 15 is 0 Å². The summed E-state index contributed by atoms with van der Waals surface area (Å²) in [6.45, 7) is 4.17. The zero-order chi connectivity index (χ0) is 19.2. The summed E-state index contributed by atoms with van der Waals surface area (Å²) in [7, 11) is 1.63. The second-order valence-electron chi connectivity index (χ2n) is 6.25. The normalized spacial score (nSPS) is 14.0. The summed E-state index contributed by atoms with van der Waals surface area (Å²) in [5.74, 6) is 1.24. The smallest absolute Gasteiger partial charge is 0.272 e. The molecule has 8 nitrogen and oxygen atoms in total. The SMILES string of the molecule is COc1ccccc1CNc1cc(C(=O)N2CCN(C(C)=O)CC2)ncn1. The first-order valence-electron chi connectivity index (χ1n) is 8.81. The first-order chi connectivity index (χ1) is 13.1. The molecule has 27 heavy (non-hydrogen) atoms. The highest BCUT2D eigenvalue weighted by Crippen LogP contribution is 2.18. The van der Waals surface area contributed by atoms with Gasteiger partial charge in [0.1, 0.15) is 23.6 Å². The van der Waals surface area contributed by atoms with Gasteiger partial charge in [0.05, 0.1) is 7.11 Å². The van der Waals surface area contributed by atoms with Crippen LogP contribution in [0.2, 0.25) is 0 Å². The second kappa shape index (κ2) is 8.48. The summed E-state index contributed by atoms with van der Waals surface area (Å²) in [6, 6.07) is 9.36. The number of carbonyl (C=O) groups is 2. The summed E-state index contributed by atoms with van der Waals surface area (Å²) < 4.78 is 5.34. The summed E-state index contributed by atoms with van der Waals surface area (Å²) in [5.41, 5.74) is 1.33. The Morgan fingerprint density at radius 2 is 1.81 bits per heavy atom. The van der Waals surface area contributed by atoms with Gasteiger partial charge in [-0.15, -0.1) is 0 Å². The van der Waals surface area contributed by atoms with Crippen molar-refractivity contribution >= 4 is 17.6 Å². The number of aromatic nitrogens is 2. The number of methoxy groups -OCH3 is 1. The molecule has 0 unspecified atom stereocenters. The molecule has 1 aliphatic rings. The molecule has 0 spiro atoms. The molecule has 1 saturated heterocycles. The Hall–Kier alpha value is -3.16. The molecule has 1 N–H and O–H groups in total. The molecular weight excluding hydrogens is 346 g/mol. The number of benzene rings is 1. The minimum Gasteiger partial charge on any atom is -0.496 e. The molecule has 3 rings (SSSR count). The summed E-state index contributed by atoms with van der Waals surface area (Å²) >= 11 is 0. The van der Waals surface area contributed by atoms with Gasteiger partial charge in [-0.05, 0) is 6.07 Å². The van der Waals surface area contributed by atoms with Gasteiger partial charge in [-0.25, -0.2) is 9.97 Å². The maximum atomic E-state index is 12.7. The average Bonchev–Trinajstić information content (AvgIpc) is 2.72. The minimum absolute atomic E-state index is 0.0342. The topological polar surface area (TPSA) is 87.7 Å². The Labute approximate surface area is 158 Å². The lowest BCUT2D eigenvalue weighted by molar-refractivity contribution is -0.130. The maximum Gasteiger partial charge on any atom is 0.272 e. The van der Waals surface area contributed by atoms with E-state index in [1.807, 2.05) is 24.3 Å². The van der Waals surface area contributed by atoms with E-state index in [0.29, 0.717) is 44.2 Å². The maximum absolute atomic E-state index is 12.7. The Kier molecular flexibility index (Phi) is 5.85. The van der Waals surface area contributed by atoms with Gasteiger partial charge < -0.3 is 19.9 Å². The Bertz CT molecular complexity index is 818. The van der Waals surface area contributed by atoms with Gasteiger partial charge in [-0.2, -0.15) is 0 Å². The molecule has 142 valence electrons. The molecular formula is C19H23N5O3. The summed E-state index contributed by atoms with van der Waals surface area (Å²) in [5, 5.41) is 3.20. The van der Waals surface area contributed by atoms with Crippen LogP contribution in [0.1, 0.15) is 23.0 Å². The van der Waals surface area contributed by atoms with Gasteiger partial charge in [0, 0.05) is 51.3 Å². The Morgan fingerprint density at radius 1 is 1.11 bits per heavy atom. The third kappa shape index (κ3) is 4.52. The van der Waals surface area contributed by atoms with Gasteiger partial charge >= 0.3 is 0 Å². The van der Waals surface area contributed by atoms with Gasteiger partial charge in [0.2, 0.25) is 5.91 Å². The number of anilines is 1. The Balaban J connectivity index is 1.63. The lowest BCUT2D eigenvalue weighted by Crippen LogP contribution is -2.50. The van der Waals surface area contributed by atoms with Crippen molar-refractivity contribution in [3.05, 3.63) is 47.9 Å². The van der Waals surface area contributed by atoms with Crippen molar-refractivity contribution < 1.29 is 14.3 Å². The molecule has 0 bridgehead atoms. The highest BCUT2D eigenvalue weighted by Gasteiger charge is 2.24. The molecule has 1 aromatic carbocycles. The average molecular weight is 369 g/mol. The number of ether oxygens (including phenoxy) is 1. The van der Waals surface area contributed by atoms with E-state index in [-0.39, 0.29) is 11.8 Å². The minimum atomic E-state index is -0.152. The standard InChI is InChI=1S/C19H23N5O3/c1-14(25)23-7-9-24(10-8-23)19(26)16-11-18(22-13-21-16)20-12-15-5-3-4-6-17(15)27-2/h3-6,11,13H,7-10,12H2,1-2H3,(H,20,21,22). The molecule has 0 atom stereocenters. The molecule has 8 heteroatoms. The molecule has 1 aliphatic heterocycles. The van der Waals surface area contributed by atoms with Crippen LogP contribution < -0.4 is 10.1 Å². The number of nitrogens with one attached hydrogen (secondary N) is 1. The van der Waals surface area contributed by atoms with Crippen LogP contribution in [0.4, 0.5) is 5.82 Å². The molecule has 2 amide bonds. The third-order valence-electron chi connectivity index (χ3n) is 4.55. The van der Waals surface area contributed by atoms with Crippen molar-refractivity contribution in [2.24, 2.45) is 0 Å². The van der Waals surface area contributed by atoms with Crippen molar-refractivity contribution in [1.29, 1.82) is 0 Å². The van der Waals surface area contributed by atoms with E-state index in [2.05, 4.69) is 15.3 Å². The highest BCUT2D eigenvalue weighted by atomic mass is 16.5. The molecule has 0 radical (unpaired) electrons. The summed E-state index contributed by atoms with van der Waals surface area (Å²) in [6.07, 6.45) is 1.38. The fraction of sp³-hybridized carbons (Fsp3) is 0.368. The van der Waals surface area contributed by atoms with Crippen molar-refractivity contribution in [1.82, 2.24) is 19.8 Å². The monoisotopic (exact) mass is 369 g/mol. The van der Waals surface area contributed by atoms with Crippen LogP contribution in [0.5, 0.6) is 5.75 Å².